The summed E-state index contributed by atoms with van der Waals surface area (Å²) in [6, 6.07) is 8.33. The molecule has 1 aliphatic heterocycles. The van der Waals surface area contributed by atoms with E-state index in [9.17, 15) is 0 Å². The Morgan fingerprint density at radius 2 is 1.86 bits per heavy atom. The molecule has 0 radical (unpaired) electrons. The number of methoxy groups -OCH3 is 1. The van der Waals surface area contributed by atoms with Crippen LogP contribution in [0, 0.1) is 0 Å². The molecule has 0 spiro atoms. The predicted octanol–water partition coefficient (Wildman–Crippen LogP) is 1.94. The number of nitrogens with zero attached hydrogens (tertiary/aromatic N) is 2. The van der Waals surface area contributed by atoms with Crippen LogP contribution in [0.3, 0.4) is 0 Å². The van der Waals surface area contributed by atoms with Gasteiger partial charge in [0, 0.05) is 18.6 Å². The lowest BCUT2D eigenvalue weighted by Crippen LogP contribution is -2.57. The summed E-state index contributed by atoms with van der Waals surface area (Å²) >= 11 is 0. The van der Waals surface area contributed by atoms with Crippen LogP contribution in [0.2, 0.25) is 0 Å². The lowest BCUT2D eigenvalue weighted by atomic mass is 9.85. The Morgan fingerprint density at radius 3 is 2.33 bits per heavy atom. The average molecular weight is 291 g/mol. The van der Waals surface area contributed by atoms with Gasteiger partial charge in [0.2, 0.25) is 0 Å². The van der Waals surface area contributed by atoms with E-state index in [0.717, 1.165) is 51.3 Å². The molecule has 2 N–H and O–H groups in total. The second kappa shape index (κ2) is 7.25. The Bertz CT molecular complexity index is 424. The predicted molar refractivity (Wildman–Crippen MR) is 87.6 cm³/mol. The molecular formula is C17H29N3O. The number of likely N-dealkylation sites (tertiary alicyclic amines) is 1. The van der Waals surface area contributed by atoms with E-state index in [1.165, 1.54) is 5.56 Å². The lowest BCUT2D eigenvalue weighted by Gasteiger charge is -2.47. The molecule has 4 heteroatoms. The van der Waals surface area contributed by atoms with Crippen LogP contribution in [-0.2, 0) is 6.54 Å². The Hall–Kier alpha value is -1.10. The van der Waals surface area contributed by atoms with Crippen LogP contribution in [-0.4, -0.2) is 55.7 Å². The Labute approximate surface area is 128 Å². The van der Waals surface area contributed by atoms with Crippen LogP contribution in [0.5, 0.6) is 5.75 Å². The molecule has 0 amide bonds. The van der Waals surface area contributed by atoms with Gasteiger partial charge < -0.3 is 15.4 Å². The van der Waals surface area contributed by atoms with Gasteiger partial charge in [0.05, 0.1) is 7.11 Å². The Kier molecular flexibility index (Phi) is 5.62. The lowest BCUT2D eigenvalue weighted by molar-refractivity contribution is 0.0418. The normalized spacial score (nSPS) is 18.9. The first-order valence-corrected chi connectivity index (χ1v) is 7.90. The molecule has 21 heavy (non-hydrogen) atoms. The first-order valence-electron chi connectivity index (χ1n) is 7.90. The highest BCUT2D eigenvalue weighted by molar-refractivity contribution is 5.27. The van der Waals surface area contributed by atoms with Gasteiger partial charge in [0.1, 0.15) is 5.75 Å². The number of ether oxygens (including phenoxy) is 1. The molecule has 1 saturated heterocycles. The molecule has 2 rings (SSSR count). The molecular weight excluding hydrogens is 262 g/mol. The van der Waals surface area contributed by atoms with E-state index in [0.29, 0.717) is 0 Å². The maximum Gasteiger partial charge on any atom is 0.118 e. The third-order valence-corrected chi connectivity index (χ3v) is 5.00. The van der Waals surface area contributed by atoms with Crippen LogP contribution in [0.15, 0.2) is 24.3 Å². The van der Waals surface area contributed by atoms with E-state index in [1.807, 2.05) is 12.1 Å². The van der Waals surface area contributed by atoms with Crippen molar-refractivity contribution in [3.8, 4) is 5.75 Å². The van der Waals surface area contributed by atoms with Crippen molar-refractivity contribution in [2.75, 3.05) is 40.3 Å². The summed E-state index contributed by atoms with van der Waals surface area (Å²) in [6.45, 7) is 7.35. The molecule has 1 heterocycles. The van der Waals surface area contributed by atoms with Gasteiger partial charge in [-0.25, -0.2) is 0 Å². The van der Waals surface area contributed by atoms with Crippen molar-refractivity contribution in [1.82, 2.24) is 9.80 Å². The highest BCUT2D eigenvalue weighted by Crippen LogP contribution is 2.28. The average Bonchev–Trinajstić information content (AvgIpc) is 2.55. The van der Waals surface area contributed by atoms with Gasteiger partial charge in [-0.15, -0.1) is 0 Å². The minimum absolute atomic E-state index is 0.144. The molecule has 0 unspecified atom stereocenters. The number of benzene rings is 1. The summed E-state index contributed by atoms with van der Waals surface area (Å²) in [4.78, 5) is 4.96. The van der Waals surface area contributed by atoms with E-state index < -0.39 is 0 Å². The quantitative estimate of drug-likeness (QED) is 0.870. The van der Waals surface area contributed by atoms with Crippen LogP contribution in [0.1, 0.15) is 25.3 Å². The van der Waals surface area contributed by atoms with E-state index in [-0.39, 0.29) is 5.54 Å². The fourth-order valence-electron chi connectivity index (χ4n) is 3.20. The molecule has 4 nitrogen and oxygen atoms in total. The second-order valence-corrected chi connectivity index (χ2v) is 6.07. The number of piperidine rings is 1. The van der Waals surface area contributed by atoms with Crippen molar-refractivity contribution in [2.24, 2.45) is 5.73 Å². The van der Waals surface area contributed by atoms with Crippen LogP contribution in [0.4, 0.5) is 0 Å². The van der Waals surface area contributed by atoms with Crippen molar-refractivity contribution in [2.45, 2.75) is 31.8 Å². The van der Waals surface area contributed by atoms with Crippen molar-refractivity contribution in [3.05, 3.63) is 29.8 Å². The molecule has 1 aromatic rings. The van der Waals surface area contributed by atoms with E-state index in [1.54, 1.807) is 7.11 Å². The smallest absolute Gasteiger partial charge is 0.118 e. The maximum atomic E-state index is 6.15. The molecule has 0 aliphatic carbocycles. The molecule has 118 valence electrons. The van der Waals surface area contributed by atoms with Crippen LogP contribution in [0.25, 0.3) is 0 Å². The number of hydrogen-bond donors (Lipinski definition) is 1. The van der Waals surface area contributed by atoms with Crippen molar-refractivity contribution < 1.29 is 4.74 Å². The van der Waals surface area contributed by atoms with Crippen LogP contribution >= 0.6 is 0 Å². The third kappa shape index (κ3) is 3.76. The first kappa shape index (κ1) is 16.3. The molecule has 0 atom stereocenters. The fourth-order valence-corrected chi connectivity index (χ4v) is 3.20. The Balaban J connectivity index is 2.01. The summed E-state index contributed by atoms with van der Waals surface area (Å²) in [5, 5.41) is 0. The maximum absolute atomic E-state index is 6.15. The van der Waals surface area contributed by atoms with Gasteiger partial charge in [0.15, 0.2) is 0 Å². The minimum atomic E-state index is 0.144. The van der Waals surface area contributed by atoms with Crippen molar-refractivity contribution in [1.29, 1.82) is 0 Å². The monoisotopic (exact) mass is 291 g/mol. The minimum Gasteiger partial charge on any atom is -0.497 e. The summed E-state index contributed by atoms with van der Waals surface area (Å²) in [5.41, 5.74) is 7.60. The van der Waals surface area contributed by atoms with Crippen LogP contribution < -0.4 is 10.5 Å². The highest BCUT2D eigenvalue weighted by Gasteiger charge is 2.36. The third-order valence-electron chi connectivity index (χ3n) is 5.00. The molecule has 0 aromatic heterocycles. The number of hydrogen-bond acceptors (Lipinski definition) is 4. The molecule has 1 fully saturated rings. The number of rotatable bonds is 6. The zero-order valence-electron chi connectivity index (χ0n) is 13.6. The number of nitrogens with two attached hydrogens (primary N) is 1. The second-order valence-electron chi connectivity index (χ2n) is 6.07. The zero-order chi connectivity index (χ0) is 15.3. The number of likely N-dealkylation sites (N-methyl/N-ethyl adjacent to an activating group) is 1. The van der Waals surface area contributed by atoms with Gasteiger partial charge in [-0.3, -0.25) is 4.90 Å². The molecule has 0 bridgehead atoms. The largest absolute Gasteiger partial charge is 0.497 e. The van der Waals surface area contributed by atoms with Gasteiger partial charge in [-0.2, -0.15) is 0 Å². The Morgan fingerprint density at radius 1 is 1.24 bits per heavy atom. The summed E-state index contributed by atoms with van der Waals surface area (Å²) in [5.74, 6) is 0.909. The highest BCUT2D eigenvalue weighted by atomic mass is 16.5. The zero-order valence-corrected chi connectivity index (χ0v) is 13.6. The van der Waals surface area contributed by atoms with E-state index in [2.05, 4.69) is 35.9 Å². The molecule has 0 saturated carbocycles. The fraction of sp³-hybridized carbons (Fsp3) is 0.647. The van der Waals surface area contributed by atoms with E-state index in [4.69, 9.17) is 10.5 Å². The van der Waals surface area contributed by atoms with Crippen molar-refractivity contribution in [3.63, 3.8) is 0 Å². The van der Waals surface area contributed by atoms with Gasteiger partial charge in [-0.1, -0.05) is 19.1 Å². The topological polar surface area (TPSA) is 41.7 Å². The summed E-state index contributed by atoms with van der Waals surface area (Å²) < 4.78 is 5.22. The molecule has 1 aliphatic rings. The van der Waals surface area contributed by atoms with E-state index >= 15 is 0 Å². The van der Waals surface area contributed by atoms with Crippen molar-refractivity contribution >= 4 is 0 Å². The van der Waals surface area contributed by atoms with Gasteiger partial charge in [0.25, 0.3) is 0 Å². The standard InChI is InChI=1S/C17H29N3O/c1-4-20-11-9-17(14-18,10-12-20)19(2)13-15-5-7-16(21-3)8-6-15/h5-8H,4,9-14,18H2,1-3H3. The first-order chi connectivity index (χ1) is 10.1. The van der Waals surface area contributed by atoms with Gasteiger partial charge >= 0.3 is 0 Å². The summed E-state index contributed by atoms with van der Waals surface area (Å²) in [6.07, 6.45) is 2.31. The SMILES string of the molecule is CCN1CCC(CN)(N(C)Cc2ccc(OC)cc2)CC1. The summed E-state index contributed by atoms with van der Waals surface area (Å²) in [7, 11) is 3.91. The molecule has 1 aromatic carbocycles. The van der Waals surface area contributed by atoms with Gasteiger partial charge in [-0.05, 0) is 57.2 Å².